The molecule has 2 nitrogen and oxygen atoms in total. The maximum atomic E-state index is 12.5. The van der Waals surface area contributed by atoms with Gasteiger partial charge < -0.3 is 4.90 Å². The van der Waals surface area contributed by atoms with Crippen molar-refractivity contribution < 1.29 is 4.79 Å². The number of hydrogen-bond donors (Lipinski definition) is 0. The molecule has 2 rings (SSSR count). The van der Waals surface area contributed by atoms with Gasteiger partial charge in [0.15, 0.2) is 0 Å². The van der Waals surface area contributed by atoms with Crippen molar-refractivity contribution in [3.63, 3.8) is 0 Å². The fourth-order valence-corrected chi connectivity index (χ4v) is 2.35. The van der Waals surface area contributed by atoms with Crippen LogP contribution in [0.1, 0.15) is 31.2 Å². The third kappa shape index (κ3) is 3.72. The lowest BCUT2D eigenvalue weighted by Crippen LogP contribution is -2.32. The van der Waals surface area contributed by atoms with Crippen LogP contribution in [0.5, 0.6) is 0 Å². The molecule has 2 heteroatoms. The summed E-state index contributed by atoms with van der Waals surface area (Å²) in [5.41, 5.74) is 2.04. The number of nitrogens with zero attached hydrogens (tertiary/aromatic N) is 1. The van der Waals surface area contributed by atoms with E-state index < -0.39 is 0 Å². The highest BCUT2D eigenvalue weighted by molar-refractivity contribution is 5.93. The summed E-state index contributed by atoms with van der Waals surface area (Å²) in [5, 5.41) is 0. The first-order valence-electron chi connectivity index (χ1n) is 6.77. The van der Waals surface area contributed by atoms with Gasteiger partial charge in [0.05, 0.1) is 6.54 Å². The Bertz CT molecular complexity index is 496. The van der Waals surface area contributed by atoms with Gasteiger partial charge >= 0.3 is 0 Å². The highest BCUT2D eigenvalue weighted by Crippen LogP contribution is 2.20. The fourth-order valence-electron chi connectivity index (χ4n) is 2.35. The second-order valence-electron chi connectivity index (χ2n) is 4.83. The van der Waals surface area contributed by atoms with Crippen LogP contribution in [0.15, 0.2) is 42.0 Å². The Morgan fingerprint density at radius 2 is 2.05 bits per heavy atom. The summed E-state index contributed by atoms with van der Waals surface area (Å²) in [6.45, 7) is 0.951. The summed E-state index contributed by atoms with van der Waals surface area (Å²) in [6.07, 6.45) is 11.6. The molecule has 0 atom stereocenters. The van der Waals surface area contributed by atoms with E-state index in [9.17, 15) is 4.79 Å². The molecule has 1 aromatic rings. The first-order chi connectivity index (χ1) is 9.31. The summed E-state index contributed by atoms with van der Waals surface area (Å²) < 4.78 is 0. The molecule has 1 amide bonds. The van der Waals surface area contributed by atoms with Crippen molar-refractivity contribution in [1.29, 1.82) is 0 Å². The lowest BCUT2D eigenvalue weighted by Gasteiger charge is -2.23. The molecule has 0 radical (unpaired) electrons. The molecule has 0 fully saturated rings. The van der Waals surface area contributed by atoms with Crippen LogP contribution >= 0.6 is 0 Å². The smallest absolute Gasteiger partial charge is 0.250 e. The van der Waals surface area contributed by atoms with Crippen molar-refractivity contribution in [2.24, 2.45) is 0 Å². The molecule has 0 saturated carbocycles. The third-order valence-corrected chi connectivity index (χ3v) is 3.35. The van der Waals surface area contributed by atoms with E-state index >= 15 is 0 Å². The molecule has 0 spiro atoms. The number of carbonyl (C=O) groups excluding carboxylic acids is 1. The molecule has 0 N–H and O–H groups in total. The molecule has 1 aliphatic carbocycles. The van der Waals surface area contributed by atoms with E-state index in [4.69, 9.17) is 6.42 Å². The van der Waals surface area contributed by atoms with E-state index in [1.807, 2.05) is 30.3 Å². The largest absolute Gasteiger partial charge is 0.323 e. The second kappa shape index (κ2) is 6.80. The molecule has 0 unspecified atom stereocenters. The fraction of sp³-hybridized carbons (Fsp3) is 0.353. The average Bonchev–Trinajstić information content (AvgIpc) is 2.48. The number of benzene rings is 1. The zero-order chi connectivity index (χ0) is 13.5. The molecule has 0 heterocycles. The van der Waals surface area contributed by atoms with Gasteiger partial charge in [0, 0.05) is 12.1 Å². The predicted molar refractivity (Wildman–Crippen MR) is 77.2 cm³/mol. The molecule has 19 heavy (non-hydrogen) atoms. The van der Waals surface area contributed by atoms with Gasteiger partial charge in [-0.2, -0.15) is 0 Å². The topological polar surface area (TPSA) is 20.3 Å². The first kappa shape index (κ1) is 13.4. The highest BCUT2D eigenvalue weighted by Gasteiger charge is 2.18. The van der Waals surface area contributed by atoms with Crippen LogP contribution < -0.4 is 0 Å². The van der Waals surface area contributed by atoms with E-state index in [1.54, 1.807) is 4.90 Å². The number of hydrogen-bond acceptors (Lipinski definition) is 1. The van der Waals surface area contributed by atoms with Crippen LogP contribution in [0.25, 0.3) is 0 Å². The Hall–Kier alpha value is -2.01. The third-order valence-electron chi connectivity index (χ3n) is 3.35. The quantitative estimate of drug-likeness (QED) is 0.755. The normalized spacial score (nSPS) is 14.4. The summed E-state index contributed by atoms with van der Waals surface area (Å²) in [4.78, 5) is 14.2. The van der Waals surface area contributed by atoms with E-state index in [-0.39, 0.29) is 5.91 Å². The molecule has 1 aromatic carbocycles. The van der Waals surface area contributed by atoms with E-state index in [2.05, 4.69) is 12.0 Å². The minimum Gasteiger partial charge on any atom is -0.323 e. The summed E-state index contributed by atoms with van der Waals surface area (Å²) >= 11 is 0. The Morgan fingerprint density at radius 1 is 1.26 bits per heavy atom. The molecule has 0 aliphatic heterocycles. The molecule has 98 valence electrons. The maximum absolute atomic E-state index is 12.5. The minimum absolute atomic E-state index is 0.0986. The Balaban J connectivity index is 2.09. The molecule has 0 saturated heterocycles. The molecule has 1 aliphatic rings. The lowest BCUT2D eigenvalue weighted by molar-refractivity contribution is -0.127. The van der Waals surface area contributed by atoms with Gasteiger partial charge in [-0.15, -0.1) is 6.42 Å². The zero-order valence-electron chi connectivity index (χ0n) is 11.1. The number of rotatable bonds is 4. The molecule has 0 bridgehead atoms. The van der Waals surface area contributed by atoms with Crippen LogP contribution in [0.2, 0.25) is 0 Å². The zero-order valence-corrected chi connectivity index (χ0v) is 11.1. The van der Waals surface area contributed by atoms with Crippen LogP contribution in [0.4, 0.5) is 0 Å². The highest BCUT2D eigenvalue weighted by atomic mass is 16.2. The summed E-state index contributed by atoms with van der Waals surface area (Å²) in [6, 6.07) is 9.97. The minimum atomic E-state index is 0.0986. The van der Waals surface area contributed by atoms with Gasteiger partial charge in [-0.3, -0.25) is 4.79 Å². The standard InChI is InChI=1S/C17H19NO/c1-2-13-18(14-15-9-5-3-6-10-15)17(19)16-11-7-4-8-12-16/h1,3,5-6,9-11H,4,7-8,12-14H2. The van der Waals surface area contributed by atoms with Crippen molar-refractivity contribution >= 4 is 5.91 Å². The molecular weight excluding hydrogens is 234 g/mol. The van der Waals surface area contributed by atoms with Crippen LogP contribution in [0, 0.1) is 12.3 Å². The monoisotopic (exact) mass is 253 g/mol. The van der Waals surface area contributed by atoms with Crippen molar-refractivity contribution in [1.82, 2.24) is 4.90 Å². The number of allylic oxidation sites excluding steroid dienone is 1. The van der Waals surface area contributed by atoms with Crippen LogP contribution in [-0.2, 0) is 11.3 Å². The van der Waals surface area contributed by atoms with Crippen LogP contribution in [0.3, 0.4) is 0 Å². The Labute approximate surface area is 115 Å². The van der Waals surface area contributed by atoms with Crippen molar-refractivity contribution in [3.8, 4) is 12.3 Å². The van der Waals surface area contributed by atoms with Gasteiger partial charge in [0.1, 0.15) is 0 Å². The van der Waals surface area contributed by atoms with Gasteiger partial charge in [0.25, 0.3) is 5.91 Å². The predicted octanol–water partition coefficient (Wildman–Crippen LogP) is 3.15. The average molecular weight is 253 g/mol. The molecular formula is C17H19NO. The number of amides is 1. The summed E-state index contributed by atoms with van der Waals surface area (Å²) in [7, 11) is 0. The van der Waals surface area contributed by atoms with E-state index in [0.717, 1.165) is 30.4 Å². The SMILES string of the molecule is C#CCN(Cc1ccccc1)C(=O)C1=CCCCC1. The number of carbonyl (C=O) groups is 1. The number of terminal acetylenes is 1. The van der Waals surface area contributed by atoms with Crippen molar-refractivity contribution in [2.45, 2.75) is 32.2 Å². The first-order valence-corrected chi connectivity index (χ1v) is 6.77. The van der Waals surface area contributed by atoms with E-state index in [1.165, 1.54) is 6.42 Å². The van der Waals surface area contributed by atoms with Crippen LogP contribution in [-0.4, -0.2) is 17.4 Å². The molecule has 0 aromatic heterocycles. The van der Waals surface area contributed by atoms with Crippen molar-refractivity contribution in [2.75, 3.05) is 6.54 Å². The maximum Gasteiger partial charge on any atom is 0.250 e. The van der Waals surface area contributed by atoms with Gasteiger partial charge in [-0.05, 0) is 31.2 Å². The van der Waals surface area contributed by atoms with Gasteiger partial charge in [-0.1, -0.05) is 42.3 Å². The lowest BCUT2D eigenvalue weighted by atomic mass is 9.98. The summed E-state index contributed by atoms with van der Waals surface area (Å²) in [5.74, 6) is 2.68. The van der Waals surface area contributed by atoms with Gasteiger partial charge in [-0.25, -0.2) is 0 Å². The van der Waals surface area contributed by atoms with Gasteiger partial charge in [0.2, 0.25) is 0 Å². The van der Waals surface area contributed by atoms with Crippen molar-refractivity contribution in [3.05, 3.63) is 47.5 Å². The second-order valence-corrected chi connectivity index (χ2v) is 4.83. The van der Waals surface area contributed by atoms with E-state index in [0.29, 0.717) is 13.1 Å². The Kier molecular flexibility index (Phi) is 4.80. The Morgan fingerprint density at radius 3 is 2.68 bits per heavy atom.